The second kappa shape index (κ2) is 13.8. The van der Waals surface area contributed by atoms with Crippen molar-refractivity contribution in [1.29, 1.82) is 0 Å². The first kappa shape index (κ1) is 24.9. The second-order valence-corrected chi connectivity index (χ2v) is 10.2. The maximum absolute atomic E-state index is 12.1. The molecule has 0 bridgehead atoms. The van der Waals surface area contributed by atoms with Crippen molar-refractivity contribution >= 4 is 66.2 Å². The van der Waals surface area contributed by atoms with Crippen molar-refractivity contribution < 1.29 is 30.8 Å². The van der Waals surface area contributed by atoms with Gasteiger partial charge in [-0.15, -0.1) is 11.3 Å². The Kier molecular flexibility index (Phi) is 11.5. The minimum absolute atomic E-state index is 0.159. The van der Waals surface area contributed by atoms with Gasteiger partial charge in [0, 0.05) is 9.75 Å². The van der Waals surface area contributed by atoms with Gasteiger partial charge in [-0.1, -0.05) is 40.7 Å². The first-order chi connectivity index (χ1) is 14.5. The van der Waals surface area contributed by atoms with Gasteiger partial charge >= 0.3 is 33.3 Å². The van der Waals surface area contributed by atoms with E-state index in [1.165, 1.54) is 29.7 Å². The Bertz CT molecular complexity index is 1050. The molecule has 1 aromatic heterocycles. The normalized spacial score (nSPS) is 11.5. The molecule has 0 saturated heterocycles. The van der Waals surface area contributed by atoms with Gasteiger partial charge in [-0.25, -0.2) is 0 Å². The monoisotopic (exact) mass is 544 g/mol. The number of rotatable bonds is 8. The Hall–Kier alpha value is -1.36. The molecule has 0 unspecified atom stereocenters. The molecular formula is C18H14Cl2FeN2O4S3. The van der Waals surface area contributed by atoms with Crippen LogP contribution in [0, 0.1) is 0 Å². The molecule has 0 saturated carbocycles. The molecule has 0 fully saturated rings. The van der Waals surface area contributed by atoms with Gasteiger partial charge in [0.1, 0.15) is 0 Å². The topological polar surface area (TPSA) is 77.3 Å². The third kappa shape index (κ3) is 9.20. The number of nitrogens with zero attached hydrogens (tertiary/aromatic N) is 2. The van der Waals surface area contributed by atoms with Crippen LogP contribution < -0.4 is 4.89 Å². The van der Waals surface area contributed by atoms with E-state index in [1.54, 1.807) is 42.6 Å². The van der Waals surface area contributed by atoms with E-state index in [9.17, 15) is 8.42 Å². The number of hydrogen-bond acceptors (Lipinski definition) is 7. The summed E-state index contributed by atoms with van der Waals surface area (Å²) in [6, 6.07) is 20.7. The molecule has 0 spiro atoms. The number of benzene rings is 2. The van der Waals surface area contributed by atoms with Gasteiger partial charge in [-0.05, 0) is 36.4 Å². The average molecular weight is 545 g/mol. The summed E-state index contributed by atoms with van der Waals surface area (Å²) >= 11 is 2.34. The van der Waals surface area contributed by atoms with Gasteiger partial charge in [0.25, 0.3) is 10.0 Å². The molecule has 0 aliphatic heterocycles. The summed E-state index contributed by atoms with van der Waals surface area (Å²) in [5.41, 5.74) is 0. The van der Waals surface area contributed by atoms with Crippen LogP contribution in [0.15, 0.2) is 86.5 Å². The first-order valence-electron chi connectivity index (χ1n) is 7.94. The van der Waals surface area contributed by atoms with Crippen molar-refractivity contribution in [3.8, 4) is 5.75 Å². The van der Waals surface area contributed by atoms with Crippen LogP contribution in [0.25, 0.3) is 0 Å². The number of hydrogen-bond donors (Lipinski definition) is 0. The molecule has 0 aliphatic rings. The summed E-state index contributed by atoms with van der Waals surface area (Å²) in [4.78, 5) is 6.71. The standard InChI is InChI=1S/C18H14N2O4S3.2ClH.Fe/c21-27(22,18-9-5-2-6-10-18)20-14-17-12-11-16(25-17)13-19-26-24-23-15-7-3-1-4-8-15;;;/h1-14H;2*1H;/q;;;+2/p-2/b19-13+,20-14+;;;. The molecule has 2 aromatic carbocycles. The molecule has 12 heteroatoms. The zero-order chi connectivity index (χ0) is 21.7. The fourth-order valence-electron chi connectivity index (χ4n) is 1.90. The van der Waals surface area contributed by atoms with Crippen LogP contribution in [-0.4, -0.2) is 20.8 Å². The number of halogens is 2. The predicted octanol–water partition coefficient (Wildman–Crippen LogP) is 5.93. The zero-order valence-corrected chi connectivity index (χ0v) is 20.0. The van der Waals surface area contributed by atoms with Crippen LogP contribution in [-0.2, 0) is 27.5 Å². The van der Waals surface area contributed by atoms with E-state index < -0.39 is 10.0 Å². The van der Waals surface area contributed by atoms with Gasteiger partial charge in [-0.2, -0.15) is 17.2 Å². The summed E-state index contributed by atoms with van der Waals surface area (Å²) in [7, 11) is 5.83. The fraction of sp³-hybridized carbons (Fsp3) is 0. The SMILES string of the molecule is O=S(=O)(/N=C/c1ccc(/C=N/SOOc2ccccc2)s1)c1ccccc1.[Cl][Fe][Cl]. The summed E-state index contributed by atoms with van der Waals surface area (Å²) in [5, 5.41) is 0. The van der Waals surface area contributed by atoms with Gasteiger partial charge in [0.05, 0.1) is 17.3 Å². The van der Waals surface area contributed by atoms with Gasteiger partial charge < -0.3 is 4.89 Å². The molecule has 0 N–H and O–H groups in total. The Morgan fingerprint density at radius 3 is 2.10 bits per heavy atom. The van der Waals surface area contributed by atoms with E-state index in [-0.39, 0.29) is 18.0 Å². The average Bonchev–Trinajstić information content (AvgIpc) is 3.22. The van der Waals surface area contributed by atoms with Crippen LogP contribution in [0.4, 0.5) is 0 Å². The third-order valence-electron chi connectivity index (χ3n) is 3.13. The van der Waals surface area contributed by atoms with Crippen LogP contribution in [0.3, 0.4) is 0 Å². The maximum atomic E-state index is 12.1. The van der Waals surface area contributed by atoms with E-state index in [2.05, 4.69) is 8.80 Å². The quantitative estimate of drug-likeness (QED) is 0.0668. The minimum atomic E-state index is -3.70. The van der Waals surface area contributed by atoms with E-state index >= 15 is 0 Å². The molecule has 0 atom stereocenters. The Morgan fingerprint density at radius 1 is 0.900 bits per heavy atom. The number of para-hydroxylation sites is 1. The van der Waals surface area contributed by atoms with Crippen molar-refractivity contribution in [3.05, 3.63) is 82.6 Å². The van der Waals surface area contributed by atoms with Crippen molar-refractivity contribution in [2.75, 3.05) is 0 Å². The molecule has 0 radical (unpaired) electrons. The molecule has 0 aliphatic carbocycles. The molecule has 3 aromatic rings. The zero-order valence-electron chi connectivity index (χ0n) is 14.9. The first-order valence-corrected chi connectivity index (χ1v) is 13.9. The van der Waals surface area contributed by atoms with Gasteiger partial charge in [-0.3, -0.25) is 0 Å². The predicted molar refractivity (Wildman–Crippen MR) is 121 cm³/mol. The summed E-state index contributed by atoms with van der Waals surface area (Å²) in [5.74, 6) is 0.578. The van der Waals surface area contributed by atoms with Gasteiger partial charge in [0.15, 0.2) is 18.0 Å². The van der Waals surface area contributed by atoms with E-state index in [0.717, 1.165) is 17.1 Å². The van der Waals surface area contributed by atoms with Crippen molar-refractivity contribution in [1.82, 2.24) is 0 Å². The van der Waals surface area contributed by atoms with Crippen molar-refractivity contribution in [3.63, 3.8) is 0 Å². The third-order valence-corrected chi connectivity index (χ3v) is 5.66. The van der Waals surface area contributed by atoms with E-state index in [1.807, 2.05) is 24.3 Å². The molecule has 1 heterocycles. The molecule has 3 rings (SSSR count). The molecule has 160 valence electrons. The molecule has 6 nitrogen and oxygen atoms in total. The van der Waals surface area contributed by atoms with Crippen LogP contribution in [0.2, 0.25) is 0 Å². The van der Waals surface area contributed by atoms with E-state index in [4.69, 9.17) is 29.4 Å². The summed E-state index contributed by atoms with van der Waals surface area (Å²) in [6.07, 6.45) is 2.92. The summed E-state index contributed by atoms with van der Waals surface area (Å²) in [6.45, 7) is 0. The van der Waals surface area contributed by atoms with Crippen LogP contribution in [0.5, 0.6) is 5.75 Å². The second-order valence-electron chi connectivity index (χ2n) is 5.09. The fourth-order valence-corrected chi connectivity index (χ4v) is 3.97. The number of sulfonamides is 1. The molecular weight excluding hydrogens is 531 g/mol. The Balaban J connectivity index is 0.00000101. The Morgan fingerprint density at radius 2 is 1.47 bits per heavy atom. The van der Waals surface area contributed by atoms with Crippen LogP contribution in [0.1, 0.15) is 9.75 Å². The number of thiophene rings is 1. The molecule has 30 heavy (non-hydrogen) atoms. The van der Waals surface area contributed by atoms with Crippen molar-refractivity contribution in [2.24, 2.45) is 8.80 Å². The van der Waals surface area contributed by atoms with Gasteiger partial charge in [0.2, 0.25) is 0 Å². The van der Waals surface area contributed by atoms with E-state index in [0.29, 0.717) is 10.6 Å². The van der Waals surface area contributed by atoms with Crippen molar-refractivity contribution in [2.45, 2.75) is 4.90 Å². The summed E-state index contributed by atoms with van der Waals surface area (Å²) < 4.78 is 36.9. The molecule has 0 amide bonds. The Labute approximate surface area is 197 Å². The van der Waals surface area contributed by atoms with Crippen LogP contribution >= 0.6 is 43.8 Å².